The van der Waals surface area contributed by atoms with Gasteiger partial charge in [-0.05, 0) is 50.5 Å². The molecule has 1 aromatic rings. The SMILES string of the molecule is Cc1cc(C)c(OCC(C)C#N)cc1C. The molecule has 0 saturated carbocycles. The molecule has 2 nitrogen and oxygen atoms in total. The highest BCUT2D eigenvalue weighted by molar-refractivity contribution is 5.40. The third-order valence-corrected chi connectivity index (χ3v) is 2.50. The van der Waals surface area contributed by atoms with Gasteiger partial charge >= 0.3 is 0 Å². The zero-order chi connectivity index (χ0) is 11.4. The van der Waals surface area contributed by atoms with Crippen LogP contribution in [0.15, 0.2) is 12.1 Å². The van der Waals surface area contributed by atoms with Crippen molar-refractivity contribution in [3.63, 3.8) is 0 Å². The summed E-state index contributed by atoms with van der Waals surface area (Å²) in [6.45, 7) is 8.49. The monoisotopic (exact) mass is 203 g/mol. The summed E-state index contributed by atoms with van der Waals surface area (Å²) in [4.78, 5) is 0. The van der Waals surface area contributed by atoms with Crippen molar-refractivity contribution in [1.29, 1.82) is 5.26 Å². The summed E-state index contributed by atoms with van der Waals surface area (Å²) in [5.74, 6) is 0.825. The Kier molecular flexibility index (Phi) is 3.74. The second-order valence-electron chi connectivity index (χ2n) is 4.04. The molecular formula is C13H17NO. The lowest BCUT2D eigenvalue weighted by Crippen LogP contribution is -2.07. The van der Waals surface area contributed by atoms with E-state index in [0.29, 0.717) is 6.61 Å². The van der Waals surface area contributed by atoms with Crippen LogP contribution in [0.5, 0.6) is 5.75 Å². The minimum Gasteiger partial charge on any atom is -0.492 e. The molecule has 15 heavy (non-hydrogen) atoms. The topological polar surface area (TPSA) is 33.0 Å². The van der Waals surface area contributed by atoms with Gasteiger partial charge in [0.25, 0.3) is 0 Å². The molecule has 1 unspecified atom stereocenters. The smallest absolute Gasteiger partial charge is 0.122 e. The number of benzene rings is 1. The molecule has 2 heteroatoms. The zero-order valence-electron chi connectivity index (χ0n) is 9.79. The molecule has 1 atom stereocenters. The molecule has 0 radical (unpaired) electrons. The minimum absolute atomic E-state index is 0.0639. The van der Waals surface area contributed by atoms with Crippen LogP contribution < -0.4 is 4.74 Å². The van der Waals surface area contributed by atoms with Crippen molar-refractivity contribution in [2.75, 3.05) is 6.61 Å². The molecule has 0 aromatic heterocycles. The van der Waals surface area contributed by atoms with Crippen molar-refractivity contribution in [1.82, 2.24) is 0 Å². The van der Waals surface area contributed by atoms with Crippen molar-refractivity contribution in [2.24, 2.45) is 5.92 Å². The Bertz CT molecular complexity index is 390. The van der Waals surface area contributed by atoms with Crippen LogP contribution in [0.4, 0.5) is 0 Å². The summed E-state index contributed by atoms with van der Waals surface area (Å²) >= 11 is 0. The highest BCUT2D eigenvalue weighted by Crippen LogP contribution is 2.22. The quantitative estimate of drug-likeness (QED) is 0.756. The zero-order valence-corrected chi connectivity index (χ0v) is 9.79. The number of nitrogens with zero attached hydrogens (tertiary/aromatic N) is 1. The normalized spacial score (nSPS) is 11.9. The fourth-order valence-corrected chi connectivity index (χ4v) is 1.34. The summed E-state index contributed by atoms with van der Waals surface area (Å²) in [5.41, 5.74) is 3.62. The predicted octanol–water partition coefficient (Wildman–Crippen LogP) is 3.15. The van der Waals surface area contributed by atoms with E-state index in [9.17, 15) is 0 Å². The van der Waals surface area contributed by atoms with Gasteiger partial charge in [0.15, 0.2) is 0 Å². The molecule has 0 aliphatic carbocycles. The van der Waals surface area contributed by atoms with Crippen LogP contribution >= 0.6 is 0 Å². The Morgan fingerprint density at radius 1 is 1.20 bits per heavy atom. The Hall–Kier alpha value is -1.49. The molecule has 0 aliphatic heterocycles. The Labute approximate surface area is 91.5 Å². The van der Waals surface area contributed by atoms with Gasteiger partial charge in [-0.3, -0.25) is 0 Å². The summed E-state index contributed by atoms with van der Waals surface area (Å²) in [6.07, 6.45) is 0. The number of ether oxygens (including phenoxy) is 1. The van der Waals surface area contributed by atoms with Gasteiger partial charge in [0.2, 0.25) is 0 Å². The maximum absolute atomic E-state index is 8.65. The van der Waals surface area contributed by atoms with E-state index in [-0.39, 0.29) is 5.92 Å². The van der Waals surface area contributed by atoms with E-state index in [1.165, 1.54) is 11.1 Å². The molecular weight excluding hydrogens is 186 g/mol. The highest BCUT2D eigenvalue weighted by Gasteiger charge is 2.05. The van der Waals surface area contributed by atoms with Crippen molar-refractivity contribution in [2.45, 2.75) is 27.7 Å². The van der Waals surface area contributed by atoms with Gasteiger partial charge in [-0.2, -0.15) is 5.26 Å². The molecule has 0 bridgehead atoms. The van der Waals surface area contributed by atoms with E-state index >= 15 is 0 Å². The van der Waals surface area contributed by atoms with E-state index in [1.54, 1.807) is 0 Å². The molecule has 0 heterocycles. The summed E-state index contributed by atoms with van der Waals surface area (Å²) in [6, 6.07) is 6.30. The lowest BCUT2D eigenvalue weighted by Gasteiger charge is -2.12. The standard InChI is InChI=1S/C13H17NO/c1-9(7-14)8-15-13-6-11(3)10(2)5-12(13)4/h5-6,9H,8H2,1-4H3. The molecule has 0 N–H and O–H groups in total. The fourth-order valence-electron chi connectivity index (χ4n) is 1.34. The van der Waals surface area contributed by atoms with E-state index in [2.05, 4.69) is 26.0 Å². The van der Waals surface area contributed by atoms with Gasteiger partial charge < -0.3 is 4.74 Å². The molecule has 0 amide bonds. The first-order chi connectivity index (χ1) is 7.04. The second-order valence-corrected chi connectivity index (χ2v) is 4.04. The molecule has 1 aromatic carbocycles. The number of hydrogen-bond donors (Lipinski definition) is 0. The van der Waals surface area contributed by atoms with Crippen LogP contribution in [-0.4, -0.2) is 6.61 Å². The van der Waals surface area contributed by atoms with Crippen LogP contribution in [0.1, 0.15) is 23.6 Å². The Balaban J connectivity index is 2.78. The average Bonchev–Trinajstić information content (AvgIpc) is 2.21. The largest absolute Gasteiger partial charge is 0.492 e. The first-order valence-corrected chi connectivity index (χ1v) is 5.15. The van der Waals surface area contributed by atoms with Crippen LogP contribution in [0.25, 0.3) is 0 Å². The minimum atomic E-state index is -0.0639. The van der Waals surface area contributed by atoms with Gasteiger partial charge in [-0.15, -0.1) is 0 Å². The van der Waals surface area contributed by atoms with E-state index in [0.717, 1.165) is 11.3 Å². The number of aryl methyl sites for hydroxylation is 3. The third-order valence-electron chi connectivity index (χ3n) is 2.50. The molecule has 0 fully saturated rings. The molecule has 80 valence electrons. The lowest BCUT2D eigenvalue weighted by molar-refractivity contribution is 0.286. The van der Waals surface area contributed by atoms with Crippen molar-refractivity contribution in [3.8, 4) is 11.8 Å². The number of rotatable bonds is 3. The molecule has 0 spiro atoms. The molecule has 1 rings (SSSR count). The van der Waals surface area contributed by atoms with E-state index in [1.807, 2.05) is 19.9 Å². The van der Waals surface area contributed by atoms with Crippen LogP contribution in [0.2, 0.25) is 0 Å². The molecule has 0 saturated heterocycles. The van der Waals surface area contributed by atoms with Crippen molar-refractivity contribution < 1.29 is 4.74 Å². The van der Waals surface area contributed by atoms with Crippen molar-refractivity contribution >= 4 is 0 Å². The first-order valence-electron chi connectivity index (χ1n) is 5.15. The van der Waals surface area contributed by atoms with Crippen LogP contribution in [0, 0.1) is 38.0 Å². The van der Waals surface area contributed by atoms with E-state index < -0.39 is 0 Å². The second kappa shape index (κ2) is 4.84. The Morgan fingerprint density at radius 2 is 1.80 bits per heavy atom. The van der Waals surface area contributed by atoms with Gasteiger partial charge in [-0.25, -0.2) is 0 Å². The number of hydrogen-bond acceptors (Lipinski definition) is 2. The number of nitriles is 1. The maximum Gasteiger partial charge on any atom is 0.122 e. The average molecular weight is 203 g/mol. The van der Waals surface area contributed by atoms with Gasteiger partial charge in [0.1, 0.15) is 12.4 Å². The lowest BCUT2D eigenvalue weighted by atomic mass is 10.1. The summed E-state index contributed by atoms with van der Waals surface area (Å²) in [7, 11) is 0. The fraction of sp³-hybridized carbons (Fsp3) is 0.462. The summed E-state index contributed by atoms with van der Waals surface area (Å²) < 4.78 is 5.60. The van der Waals surface area contributed by atoms with Crippen LogP contribution in [-0.2, 0) is 0 Å². The molecule has 0 aliphatic rings. The first kappa shape index (κ1) is 11.6. The van der Waals surface area contributed by atoms with Gasteiger partial charge in [0, 0.05) is 0 Å². The van der Waals surface area contributed by atoms with Gasteiger partial charge in [0.05, 0.1) is 12.0 Å². The van der Waals surface area contributed by atoms with Gasteiger partial charge in [-0.1, -0.05) is 6.07 Å². The Morgan fingerprint density at radius 3 is 2.40 bits per heavy atom. The summed E-state index contributed by atoms with van der Waals surface area (Å²) in [5, 5.41) is 8.65. The third kappa shape index (κ3) is 2.99. The van der Waals surface area contributed by atoms with E-state index in [4.69, 9.17) is 10.00 Å². The predicted molar refractivity (Wildman–Crippen MR) is 60.9 cm³/mol. The highest BCUT2D eigenvalue weighted by atomic mass is 16.5. The maximum atomic E-state index is 8.65. The van der Waals surface area contributed by atoms with Crippen molar-refractivity contribution in [3.05, 3.63) is 28.8 Å². The van der Waals surface area contributed by atoms with Crippen LogP contribution in [0.3, 0.4) is 0 Å².